The van der Waals surface area contributed by atoms with Crippen LogP contribution in [0.25, 0.3) is 10.2 Å². The molecule has 1 aromatic carbocycles. The van der Waals surface area contributed by atoms with Gasteiger partial charge in [-0.15, -0.1) is 11.3 Å². The summed E-state index contributed by atoms with van der Waals surface area (Å²) in [5.74, 6) is 0. The minimum Gasteiger partial charge on any atom is -0.394 e. The van der Waals surface area contributed by atoms with Crippen LogP contribution in [0.4, 0.5) is 0 Å². The van der Waals surface area contributed by atoms with Gasteiger partial charge in [0.2, 0.25) is 0 Å². The van der Waals surface area contributed by atoms with Gasteiger partial charge in [-0.25, -0.2) is 4.98 Å². The van der Waals surface area contributed by atoms with Crippen molar-refractivity contribution < 1.29 is 35.4 Å². The molecule has 0 amide bonds. The number of rotatable bonds is 3. The average Bonchev–Trinajstić information content (AvgIpc) is 2.87. The monoisotopic (exact) mass is 449 g/mol. The van der Waals surface area contributed by atoms with Gasteiger partial charge < -0.3 is 21.1 Å². The number of aliphatic hydroxyl groups is 3. The van der Waals surface area contributed by atoms with E-state index in [1.54, 1.807) is 11.3 Å². The Balaban J connectivity index is 0.000000308. The third-order valence-electron chi connectivity index (χ3n) is 2.18. The molecule has 18 heavy (non-hydrogen) atoms. The van der Waals surface area contributed by atoms with Crippen LogP contribution in [0.3, 0.4) is 0 Å². The average molecular weight is 449 g/mol. The number of hydrogen-bond acceptors (Lipinski definition) is 6. The minimum absolute atomic E-state index is 0. The predicted octanol–water partition coefficient (Wildman–Crippen LogP) is -0.0454. The Bertz CT molecular complexity index is 410. The predicted molar refractivity (Wildman–Crippen MR) is 67.8 cm³/mol. The Kier molecular flexibility index (Phi) is 8.47. The first-order valence-corrected chi connectivity index (χ1v) is 5.93. The number of benzene rings is 1. The Morgan fingerprint density at radius 3 is 2.11 bits per heavy atom. The normalized spacial score (nSPS) is 10.4. The zero-order valence-corrected chi connectivity index (χ0v) is 12.8. The third kappa shape index (κ3) is 5.07. The minimum atomic E-state index is -1.21. The van der Waals surface area contributed by atoms with Crippen molar-refractivity contribution in [3.63, 3.8) is 0 Å². The van der Waals surface area contributed by atoms with Crippen molar-refractivity contribution in [1.82, 2.24) is 4.98 Å². The van der Waals surface area contributed by atoms with Crippen molar-refractivity contribution >= 4 is 21.6 Å². The van der Waals surface area contributed by atoms with E-state index in [-0.39, 0.29) is 20.1 Å². The first-order valence-electron chi connectivity index (χ1n) is 5.05. The second-order valence-corrected chi connectivity index (χ2v) is 4.54. The van der Waals surface area contributed by atoms with Crippen molar-refractivity contribution in [2.75, 3.05) is 19.8 Å². The van der Waals surface area contributed by atoms with Gasteiger partial charge in [-0.1, -0.05) is 12.1 Å². The number of nitrogens with zero attached hydrogens (tertiary/aromatic N) is 1. The van der Waals surface area contributed by atoms with Gasteiger partial charge in [-0.3, -0.25) is 0 Å². The van der Waals surface area contributed by atoms with Crippen molar-refractivity contribution in [2.45, 2.75) is 5.54 Å². The molecule has 1 radical (unpaired) electrons. The van der Waals surface area contributed by atoms with E-state index in [0.717, 1.165) is 5.52 Å². The van der Waals surface area contributed by atoms with Gasteiger partial charge in [0.25, 0.3) is 0 Å². The largest absolute Gasteiger partial charge is 0.394 e. The number of fused-ring (bicyclic) bond motifs is 1. The number of nitrogens with two attached hydrogens (primary N) is 1. The maximum atomic E-state index is 8.34. The van der Waals surface area contributed by atoms with Crippen LogP contribution >= 0.6 is 11.3 Å². The summed E-state index contributed by atoms with van der Waals surface area (Å²) in [7, 11) is 0. The van der Waals surface area contributed by atoms with Crippen molar-refractivity contribution in [2.24, 2.45) is 5.73 Å². The van der Waals surface area contributed by atoms with Gasteiger partial charge >= 0.3 is 0 Å². The first kappa shape index (κ1) is 17.6. The van der Waals surface area contributed by atoms with E-state index in [9.17, 15) is 0 Å². The van der Waals surface area contributed by atoms with Gasteiger partial charge in [0.15, 0.2) is 0 Å². The zero-order valence-electron chi connectivity index (χ0n) is 9.62. The zero-order chi connectivity index (χ0) is 12.7. The molecule has 7 heteroatoms. The quantitative estimate of drug-likeness (QED) is 0.528. The molecule has 2 rings (SSSR count). The third-order valence-corrected chi connectivity index (χ3v) is 2.99. The summed E-state index contributed by atoms with van der Waals surface area (Å²) in [6.07, 6.45) is 0. The molecular weight excluding hydrogens is 432 g/mol. The Labute approximate surface area is 123 Å². The van der Waals surface area contributed by atoms with E-state index in [1.165, 1.54) is 4.70 Å². The van der Waals surface area contributed by atoms with Crippen LogP contribution in [-0.2, 0) is 20.1 Å². The number of hydrogen-bond donors (Lipinski definition) is 4. The van der Waals surface area contributed by atoms with Crippen LogP contribution in [0.15, 0.2) is 29.8 Å². The van der Waals surface area contributed by atoms with E-state index in [1.807, 2.05) is 23.7 Å². The molecular formula is C11H16IrN2O3S. The molecule has 0 spiro atoms. The topological polar surface area (TPSA) is 99.6 Å². The maximum absolute atomic E-state index is 8.34. The summed E-state index contributed by atoms with van der Waals surface area (Å²) in [5, 5.41) is 25.0. The fraction of sp³-hybridized carbons (Fsp3) is 0.364. The summed E-state index contributed by atoms with van der Waals surface area (Å²) in [6.45, 7) is -1.21. The number of aromatic nitrogens is 1. The van der Waals surface area contributed by atoms with Crippen molar-refractivity contribution in [3.05, 3.63) is 29.8 Å². The summed E-state index contributed by atoms with van der Waals surface area (Å²) in [6, 6.07) is 8.13. The summed E-state index contributed by atoms with van der Waals surface area (Å²) in [5.41, 5.74) is 6.90. The van der Waals surface area contributed by atoms with Crippen molar-refractivity contribution in [3.8, 4) is 0 Å². The van der Waals surface area contributed by atoms with Gasteiger partial charge in [-0.2, -0.15) is 0 Å². The van der Waals surface area contributed by atoms with E-state index >= 15 is 0 Å². The van der Waals surface area contributed by atoms with Crippen LogP contribution in [0.2, 0.25) is 0 Å². The van der Waals surface area contributed by atoms with Gasteiger partial charge in [-0.05, 0) is 12.1 Å². The van der Waals surface area contributed by atoms with E-state index in [2.05, 4.69) is 11.1 Å². The molecule has 0 aliphatic carbocycles. The fourth-order valence-corrected chi connectivity index (χ4v) is 1.63. The standard InChI is InChI=1S/C7H5NS.C4H11NO3.Ir/c1-2-4-7-6(3-1)8-5-9-7;5-4(1-6,2-7)3-8;/h1-5H;6-8H,1-3,5H2;. The Morgan fingerprint density at radius 1 is 1.11 bits per heavy atom. The van der Waals surface area contributed by atoms with Crippen LogP contribution in [-0.4, -0.2) is 45.7 Å². The van der Waals surface area contributed by atoms with Crippen LogP contribution in [0, 0.1) is 0 Å². The van der Waals surface area contributed by atoms with Crippen LogP contribution in [0.1, 0.15) is 0 Å². The van der Waals surface area contributed by atoms with Gasteiger partial charge in [0, 0.05) is 20.1 Å². The molecule has 5 nitrogen and oxygen atoms in total. The summed E-state index contributed by atoms with van der Waals surface area (Å²) in [4.78, 5) is 4.14. The van der Waals surface area contributed by atoms with Crippen molar-refractivity contribution in [1.29, 1.82) is 0 Å². The number of para-hydroxylation sites is 1. The molecule has 0 bridgehead atoms. The molecule has 1 heterocycles. The summed E-state index contributed by atoms with van der Waals surface area (Å²) < 4.78 is 1.26. The molecule has 103 valence electrons. The molecule has 2 aromatic rings. The molecule has 0 saturated carbocycles. The molecule has 0 atom stereocenters. The molecule has 5 N–H and O–H groups in total. The molecule has 1 aromatic heterocycles. The Hall–Kier alpha value is -0.401. The SMILES string of the molecule is NC(CO)(CO)CO.[Ir].c1ccc2scnc2c1. The van der Waals surface area contributed by atoms with E-state index < -0.39 is 25.4 Å². The van der Waals surface area contributed by atoms with Crippen LogP contribution in [0.5, 0.6) is 0 Å². The molecule has 0 aliphatic rings. The second-order valence-electron chi connectivity index (χ2n) is 3.66. The smallest absolute Gasteiger partial charge is 0.0856 e. The molecule has 0 aliphatic heterocycles. The van der Waals surface area contributed by atoms with E-state index in [4.69, 9.17) is 21.1 Å². The fourth-order valence-electron chi connectivity index (χ4n) is 0.953. The first-order chi connectivity index (χ1) is 8.15. The van der Waals surface area contributed by atoms with Gasteiger partial charge in [0.05, 0.1) is 41.1 Å². The van der Waals surface area contributed by atoms with E-state index in [0.29, 0.717) is 0 Å². The number of aliphatic hydroxyl groups excluding tert-OH is 3. The van der Waals surface area contributed by atoms with Crippen LogP contribution < -0.4 is 5.73 Å². The summed E-state index contributed by atoms with van der Waals surface area (Å²) >= 11 is 1.68. The molecule has 0 unspecified atom stereocenters. The molecule has 0 fully saturated rings. The van der Waals surface area contributed by atoms with Gasteiger partial charge in [0.1, 0.15) is 0 Å². The Morgan fingerprint density at radius 2 is 1.67 bits per heavy atom. The number of thiazole rings is 1. The second kappa shape index (κ2) is 8.66. The molecule has 0 saturated heterocycles. The maximum Gasteiger partial charge on any atom is 0.0856 e.